The monoisotopic (exact) mass is 342 g/mol. The SMILES string of the molecule is C=C(F)C(=O)Nc1cnc(/C(C)=N/OC2CCC(F)(F)CC2)nc1. The molecule has 24 heavy (non-hydrogen) atoms. The highest BCUT2D eigenvalue weighted by molar-refractivity contribution is 6.01. The average molecular weight is 342 g/mol. The molecule has 9 heteroatoms. The third-order valence-corrected chi connectivity index (χ3v) is 3.48. The van der Waals surface area contributed by atoms with Crippen molar-refractivity contribution in [3.63, 3.8) is 0 Å². The van der Waals surface area contributed by atoms with Crippen LogP contribution in [0.2, 0.25) is 0 Å². The molecule has 0 radical (unpaired) electrons. The van der Waals surface area contributed by atoms with Crippen molar-refractivity contribution in [1.82, 2.24) is 9.97 Å². The number of rotatable bonds is 5. The largest absolute Gasteiger partial charge is 0.392 e. The van der Waals surface area contributed by atoms with Gasteiger partial charge in [0.15, 0.2) is 11.7 Å². The van der Waals surface area contributed by atoms with Crippen LogP contribution >= 0.6 is 0 Å². The minimum absolute atomic E-state index is 0.200. The Kier molecular flexibility index (Phi) is 5.53. The van der Waals surface area contributed by atoms with Crippen LogP contribution in [0.25, 0.3) is 0 Å². The molecule has 0 bridgehead atoms. The number of halogens is 3. The number of carbonyl (C=O) groups is 1. The van der Waals surface area contributed by atoms with Gasteiger partial charge >= 0.3 is 0 Å². The molecule has 1 aromatic rings. The molecule has 1 amide bonds. The lowest BCUT2D eigenvalue weighted by molar-refractivity contribution is -0.114. The number of hydrogen-bond acceptors (Lipinski definition) is 5. The van der Waals surface area contributed by atoms with E-state index in [1.165, 1.54) is 12.4 Å². The number of oxime groups is 1. The van der Waals surface area contributed by atoms with Gasteiger partial charge in [0.25, 0.3) is 5.91 Å². The van der Waals surface area contributed by atoms with Gasteiger partial charge < -0.3 is 10.2 Å². The molecule has 1 aliphatic carbocycles. The van der Waals surface area contributed by atoms with E-state index in [9.17, 15) is 18.0 Å². The lowest BCUT2D eigenvalue weighted by atomic mass is 9.94. The second kappa shape index (κ2) is 7.41. The predicted octanol–water partition coefficient (Wildman–Crippen LogP) is 3.22. The number of aromatic nitrogens is 2. The molecule has 0 unspecified atom stereocenters. The number of hydrogen-bond donors (Lipinski definition) is 1. The lowest BCUT2D eigenvalue weighted by Crippen LogP contribution is -2.28. The van der Waals surface area contributed by atoms with Crippen molar-refractivity contribution in [3.05, 3.63) is 30.6 Å². The van der Waals surface area contributed by atoms with E-state index in [1.807, 2.05) is 0 Å². The highest BCUT2D eigenvalue weighted by Gasteiger charge is 2.35. The topological polar surface area (TPSA) is 76.5 Å². The molecule has 1 N–H and O–H groups in total. The Morgan fingerprint density at radius 1 is 1.38 bits per heavy atom. The summed E-state index contributed by atoms with van der Waals surface area (Å²) in [5.74, 6) is -4.47. The first-order valence-corrected chi connectivity index (χ1v) is 7.33. The van der Waals surface area contributed by atoms with Crippen LogP contribution in [0, 0.1) is 0 Å². The third kappa shape index (κ3) is 5.04. The molecule has 0 aliphatic heterocycles. The van der Waals surface area contributed by atoms with E-state index in [1.54, 1.807) is 6.92 Å². The molecule has 130 valence electrons. The molecule has 1 aliphatic rings. The summed E-state index contributed by atoms with van der Waals surface area (Å²) in [6, 6.07) is 0. The van der Waals surface area contributed by atoms with Gasteiger partial charge in [0.05, 0.1) is 18.1 Å². The Morgan fingerprint density at radius 3 is 2.50 bits per heavy atom. The van der Waals surface area contributed by atoms with Crippen LogP contribution < -0.4 is 5.32 Å². The molecular weight excluding hydrogens is 325 g/mol. The van der Waals surface area contributed by atoms with E-state index < -0.39 is 17.7 Å². The summed E-state index contributed by atoms with van der Waals surface area (Å²) in [5.41, 5.74) is 0.561. The summed E-state index contributed by atoms with van der Waals surface area (Å²) < 4.78 is 38.7. The zero-order valence-corrected chi connectivity index (χ0v) is 13.1. The molecule has 1 fully saturated rings. The van der Waals surface area contributed by atoms with Crippen molar-refractivity contribution in [2.75, 3.05) is 5.32 Å². The van der Waals surface area contributed by atoms with Crippen molar-refractivity contribution in [2.45, 2.75) is 44.6 Å². The lowest BCUT2D eigenvalue weighted by Gasteiger charge is -2.26. The predicted molar refractivity (Wildman–Crippen MR) is 81.4 cm³/mol. The maximum atomic E-state index is 13.0. The van der Waals surface area contributed by atoms with E-state index in [0.717, 1.165) is 0 Å². The summed E-state index contributed by atoms with van der Waals surface area (Å²) >= 11 is 0. The smallest absolute Gasteiger partial charge is 0.283 e. The van der Waals surface area contributed by atoms with Gasteiger partial charge in [-0.1, -0.05) is 11.7 Å². The van der Waals surface area contributed by atoms with Crippen molar-refractivity contribution in [3.8, 4) is 0 Å². The van der Waals surface area contributed by atoms with Gasteiger partial charge in [-0.05, 0) is 19.8 Å². The van der Waals surface area contributed by atoms with Gasteiger partial charge in [-0.15, -0.1) is 0 Å². The molecule has 1 saturated carbocycles. The fourth-order valence-corrected chi connectivity index (χ4v) is 2.09. The number of carbonyl (C=O) groups excluding carboxylic acids is 1. The van der Waals surface area contributed by atoms with Crippen LogP contribution in [0.3, 0.4) is 0 Å². The fourth-order valence-electron chi connectivity index (χ4n) is 2.09. The first-order valence-electron chi connectivity index (χ1n) is 7.33. The molecule has 1 aromatic heterocycles. The van der Waals surface area contributed by atoms with E-state index >= 15 is 0 Å². The second-order valence-electron chi connectivity index (χ2n) is 5.49. The van der Waals surface area contributed by atoms with Gasteiger partial charge in [0.2, 0.25) is 5.92 Å². The zero-order valence-electron chi connectivity index (χ0n) is 13.1. The van der Waals surface area contributed by atoms with Crippen LogP contribution in [-0.2, 0) is 9.63 Å². The summed E-state index contributed by atoms with van der Waals surface area (Å²) in [6.45, 7) is 4.48. The highest BCUT2D eigenvalue weighted by atomic mass is 19.3. The highest BCUT2D eigenvalue weighted by Crippen LogP contribution is 2.34. The van der Waals surface area contributed by atoms with E-state index in [4.69, 9.17) is 4.84 Å². The Hall–Kier alpha value is -2.45. The van der Waals surface area contributed by atoms with Crippen molar-refractivity contribution < 1.29 is 22.8 Å². The summed E-state index contributed by atoms with van der Waals surface area (Å²) in [5, 5.41) is 6.09. The standard InChI is InChI=1S/C15H17F3N4O2/c1-9(16)14(23)21-11-7-19-13(20-8-11)10(2)22-24-12-3-5-15(17,18)6-4-12/h7-8,12H,1,3-6H2,2H3,(H,21,23)/b22-10+. The molecular formula is C15H17F3N4O2. The number of anilines is 1. The minimum Gasteiger partial charge on any atom is -0.392 e. The van der Waals surface area contributed by atoms with Crippen molar-refractivity contribution >= 4 is 17.3 Å². The van der Waals surface area contributed by atoms with Crippen LogP contribution in [0.4, 0.5) is 18.9 Å². The maximum absolute atomic E-state index is 13.0. The Bertz CT molecular complexity index is 637. The molecule has 6 nitrogen and oxygen atoms in total. The van der Waals surface area contributed by atoms with Gasteiger partial charge in [-0.25, -0.2) is 23.1 Å². The first-order chi connectivity index (χ1) is 11.3. The van der Waals surface area contributed by atoms with Gasteiger partial charge in [-0.2, -0.15) is 0 Å². The van der Waals surface area contributed by atoms with E-state index in [-0.39, 0.29) is 43.3 Å². The second-order valence-corrected chi connectivity index (χ2v) is 5.49. The molecule has 1 heterocycles. The summed E-state index contributed by atoms with van der Waals surface area (Å²) in [7, 11) is 0. The fraction of sp³-hybridized carbons (Fsp3) is 0.467. The molecule has 0 saturated heterocycles. The molecule has 0 spiro atoms. The van der Waals surface area contributed by atoms with Gasteiger partial charge in [-0.3, -0.25) is 4.79 Å². The van der Waals surface area contributed by atoms with Crippen molar-refractivity contribution in [1.29, 1.82) is 0 Å². The van der Waals surface area contributed by atoms with Crippen molar-refractivity contribution in [2.24, 2.45) is 5.16 Å². The third-order valence-electron chi connectivity index (χ3n) is 3.48. The van der Waals surface area contributed by atoms with E-state index in [2.05, 4.69) is 27.0 Å². The summed E-state index contributed by atoms with van der Waals surface area (Å²) in [6.07, 6.45) is 2.26. The number of nitrogens with zero attached hydrogens (tertiary/aromatic N) is 3. The zero-order chi connectivity index (χ0) is 17.7. The van der Waals surface area contributed by atoms with Crippen LogP contribution in [0.1, 0.15) is 38.4 Å². The molecule has 0 aromatic carbocycles. The number of nitrogens with one attached hydrogen (secondary N) is 1. The normalized spacial score (nSPS) is 18.1. The minimum atomic E-state index is -2.62. The Morgan fingerprint density at radius 2 is 1.96 bits per heavy atom. The summed E-state index contributed by atoms with van der Waals surface area (Å²) in [4.78, 5) is 24.3. The maximum Gasteiger partial charge on any atom is 0.283 e. The first kappa shape index (κ1) is 17.9. The van der Waals surface area contributed by atoms with Gasteiger partial charge in [0, 0.05) is 12.8 Å². The Balaban J connectivity index is 1.91. The number of amides is 1. The van der Waals surface area contributed by atoms with Crippen LogP contribution in [0.15, 0.2) is 30.0 Å². The van der Waals surface area contributed by atoms with Crippen LogP contribution in [0.5, 0.6) is 0 Å². The average Bonchev–Trinajstić information content (AvgIpc) is 2.54. The number of alkyl halides is 2. The molecule has 0 atom stereocenters. The Labute approximate surface area is 136 Å². The van der Waals surface area contributed by atoms with Crippen LogP contribution in [-0.4, -0.2) is 33.6 Å². The molecule has 2 rings (SSSR count). The quantitative estimate of drug-likeness (QED) is 0.506. The van der Waals surface area contributed by atoms with E-state index in [0.29, 0.717) is 5.71 Å². The van der Waals surface area contributed by atoms with Gasteiger partial charge in [0.1, 0.15) is 11.8 Å².